The van der Waals surface area contributed by atoms with Gasteiger partial charge in [-0.1, -0.05) is 11.6 Å². The van der Waals surface area contributed by atoms with Gasteiger partial charge in [-0.25, -0.2) is 17.2 Å². The zero-order chi connectivity index (χ0) is 19.1. The maximum absolute atomic E-state index is 14.7. The number of hydrogen-bond acceptors (Lipinski definition) is 3. The Kier molecular flexibility index (Phi) is 5.18. The fourth-order valence-corrected chi connectivity index (χ4v) is 5.06. The molecule has 0 bridgehead atoms. The molecule has 1 aliphatic heterocycles. The number of aromatic nitrogens is 2. The summed E-state index contributed by atoms with van der Waals surface area (Å²) in [6.45, 7) is 3.62. The molecule has 1 N–H and O–H groups in total. The Morgan fingerprint density at radius 2 is 1.92 bits per heavy atom. The average Bonchev–Trinajstić information content (AvgIpc) is 2.96. The average molecular weight is 402 g/mol. The van der Waals surface area contributed by atoms with E-state index in [1.165, 1.54) is 16.4 Å². The molecular weight excluding hydrogens is 384 g/mol. The van der Waals surface area contributed by atoms with Crippen LogP contribution in [0.1, 0.15) is 29.8 Å². The first-order valence-electron chi connectivity index (χ1n) is 8.06. The monoisotopic (exact) mass is 401 g/mol. The van der Waals surface area contributed by atoms with Gasteiger partial charge in [-0.2, -0.15) is 9.40 Å². The minimum absolute atomic E-state index is 0.149. The SMILES string of the molecule is Cc1n[nH]c(C)c1S(=O)(=O)N1CCC(=C(F)c2ccc(F)c(Cl)c2)CC1. The highest BCUT2D eigenvalue weighted by Crippen LogP contribution is 2.32. The van der Waals surface area contributed by atoms with E-state index >= 15 is 0 Å². The Hall–Kier alpha value is -1.77. The molecule has 0 saturated carbocycles. The molecule has 9 heteroatoms. The van der Waals surface area contributed by atoms with Gasteiger partial charge in [0.15, 0.2) is 0 Å². The van der Waals surface area contributed by atoms with Crippen LogP contribution < -0.4 is 0 Å². The molecule has 0 radical (unpaired) electrons. The summed E-state index contributed by atoms with van der Waals surface area (Å²) in [7, 11) is -3.68. The zero-order valence-electron chi connectivity index (χ0n) is 14.3. The molecule has 0 atom stereocenters. The Bertz CT molecular complexity index is 956. The number of aryl methyl sites for hydroxylation is 2. The van der Waals surface area contributed by atoms with Crippen molar-refractivity contribution < 1.29 is 17.2 Å². The van der Waals surface area contributed by atoms with Crippen molar-refractivity contribution in [3.05, 3.63) is 51.6 Å². The van der Waals surface area contributed by atoms with E-state index in [0.717, 1.165) is 6.07 Å². The van der Waals surface area contributed by atoms with E-state index in [2.05, 4.69) is 10.2 Å². The Morgan fingerprint density at radius 1 is 1.27 bits per heavy atom. The van der Waals surface area contributed by atoms with Gasteiger partial charge in [0, 0.05) is 18.7 Å². The lowest BCUT2D eigenvalue weighted by atomic mass is 10.0. The van der Waals surface area contributed by atoms with Crippen molar-refractivity contribution in [2.75, 3.05) is 13.1 Å². The van der Waals surface area contributed by atoms with Gasteiger partial charge < -0.3 is 0 Å². The molecule has 26 heavy (non-hydrogen) atoms. The highest BCUT2D eigenvalue weighted by molar-refractivity contribution is 7.89. The molecule has 140 valence electrons. The summed E-state index contributed by atoms with van der Waals surface area (Å²) in [5.41, 5.74) is 1.59. The second kappa shape index (κ2) is 7.09. The number of piperidine rings is 1. The maximum Gasteiger partial charge on any atom is 0.246 e. The van der Waals surface area contributed by atoms with Crippen molar-refractivity contribution in [1.82, 2.24) is 14.5 Å². The van der Waals surface area contributed by atoms with Gasteiger partial charge in [-0.3, -0.25) is 5.10 Å². The van der Waals surface area contributed by atoms with Gasteiger partial charge >= 0.3 is 0 Å². The second-order valence-corrected chi connectivity index (χ2v) is 8.50. The van der Waals surface area contributed by atoms with Crippen molar-refractivity contribution in [2.45, 2.75) is 31.6 Å². The van der Waals surface area contributed by atoms with Crippen molar-refractivity contribution in [3.8, 4) is 0 Å². The standard InChI is InChI=1S/C17H18ClF2N3O2S/c1-10-17(11(2)22-21-10)26(24,25)23-7-5-12(6-8-23)16(20)13-3-4-15(19)14(18)9-13/h3-4,9H,5-8H2,1-2H3,(H,21,22). The van der Waals surface area contributed by atoms with E-state index in [1.807, 2.05) is 0 Å². The van der Waals surface area contributed by atoms with Crippen LogP contribution in [0, 0.1) is 19.7 Å². The fourth-order valence-electron chi connectivity index (χ4n) is 3.10. The van der Waals surface area contributed by atoms with Gasteiger partial charge in [-0.15, -0.1) is 0 Å². The Balaban J connectivity index is 1.81. The summed E-state index contributed by atoms with van der Waals surface area (Å²) in [5.74, 6) is -1.08. The molecule has 1 aliphatic rings. The van der Waals surface area contributed by atoms with E-state index in [0.29, 0.717) is 17.0 Å². The molecule has 1 aromatic heterocycles. The van der Waals surface area contributed by atoms with Crippen LogP contribution in [0.5, 0.6) is 0 Å². The Morgan fingerprint density at radius 3 is 2.46 bits per heavy atom. The number of nitrogens with zero attached hydrogens (tertiary/aromatic N) is 2. The van der Waals surface area contributed by atoms with E-state index in [1.54, 1.807) is 13.8 Å². The molecule has 0 amide bonds. The largest absolute Gasteiger partial charge is 0.281 e. The molecule has 1 saturated heterocycles. The highest BCUT2D eigenvalue weighted by atomic mass is 35.5. The number of sulfonamides is 1. The summed E-state index contributed by atoms with van der Waals surface area (Å²) in [6, 6.07) is 3.67. The number of benzene rings is 1. The fraction of sp³-hybridized carbons (Fsp3) is 0.353. The normalized spacial score (nSPS) is 16.1. The third-order valence-electron chi connectivity index (χ3n) is 4.47. The van der Waals surface area contributed by atoms with Crippen LogP contribution in [0.15, 0.2) is 28.7 Å². The molecule has 0 spiro atoms. The molecule has 0 unspecified atom stereocenters. The lowest BCUT2D eigenvalue weighted by molar-refractivity contribution is 0.384. The minimum atomic E-state index is -3.68. The number of hydrogen-bond donors (Lipinski definition) is 1. The topological polar surface area (TPSA) is 66.1 Å². The molecule has 1 fully saturated rings. The molecule has 3 rings (SSSR count). The van der Waals surface area contributed by atoms with Crippen LogP contribution in [-0.2, 0) is 10.0 Å². The maximum atomic E-state index is 14.7. The van der Waals surface area contributed by atoms with Crippen LogP contribution in [0.3, 0.4) is 0 Å². The van der Waals surface area contributed by atoms with Gasteiger partial charge in [0.25, 0.3) is 0 Å². The first kappa shape index (κ1) is 19.0. The van der Waals surface area contributed by atoms with Crippen LogP contribution in [0.4, 0.5) is 8.78 Å². The van der Waals surface area contributed by atoms with Crippen LogP contribution in [-0.4, -0.2) is 36.0 Å². The minimum Gasteiger partial charge on any atom is -0.281 e. The van der Waals surface area contributed by atoms with E-state index in [-0.39, 0.29) is 41.4 Å². The van der Waals surface area contributed by atoms with Crippen LogP contribution >= 0.6 is 11.6 Å². The summed E-state index contributed by atoms with van der Waals surface area (Å²) in [4.78, 5) is 0.177. The van der Waals surface area contributed by atoms with Gasteiger partial charge in [0.1, 0.15) is 16.5 Å². The molecule has 5 nitrogen and oxygen atoms in total. The van der Waals surface area contributed by atoms with Crippen molar-refractivity contribution >= 4 is 27.5 Å². The summed E-state index contributed by atoms with van der Waals surface area (Å²) >= 11 is 5.71. The third-order valence-corrected chi connectivity index (χ3v) is 6.92. The first-order chi connectivity index (χ1) is 12.2. The number of aromatic amines is 1. The number of nitrogens with one attached hydrogen (secondary N) is 1. The Labute approximate surface area is 155 Å². The van der Waals surface area contributed by atoms with Gasteiger partial charge in [0.2, 0.25) is 10.0 Å². The van der Waals surface area contributed by atoms with E-state index in [9.17, 15) is 17.2 Å². The van der Waals surface area contributed by atoms with E-state index < -0.39 is 21.7 Å². The number of H-pyrrole nitrogens is 1. The lowest BCUT2D eigenvalue weighted by Crippen LogP contribution is -2.37. The third kappa shape index (κ3) is 3.41. The zero-order valence-corrected chi connectivity index (χ0v) is 15.9. The van der Waals surface area contributed by atoms with Crippen LogP contribution in [0.25, 0.3) is 5.83 Å². The van der Waals surface area contributed by atoms with Crippen molar-refractivity contribution in [1.29, 1.82) is 0 Å². The number of rotatable bonds is 3. The summed E-state index contributed by atoms with van der Waals surface area (Å²) in [5, 5.41) is 6.46. The molecular formula is C17H18ClF2N3O2S. The van der Waals surface area contributed by atoms with Gasteiger partial charge in [-0.05, 0) is 50.5 Å². The molecule has 2 heterocycles. The lowest BCUT2D eigenvalue weighted by Gasteiger charge is -2.28. The molecule has 2 aromatic rings. The smallest absolute Gasteiger partial charge is 0.246 e. The highest BCUT2D eigenvalue weighted by Gasteiger charge is 2.32. The van der Waals surface area contributed by atoms with E-state index in [4.69, 9.17) is 11.6 Å². The second-order valence-electron chi connectivity index (χ2n) is 6.21. The van der Waals surface area contributed by atoms with Crippen molar-refractivity contribution in [2.24, 2.45) is 0 Å². The van der Waals surface area contributed by atoms with Crippen molar-refractivity contribution in [3.63, 3.8) is 0 Å². The quantitative estimate of drug-likeness (QED) is 0.845. The predicted molar refractivity (Wildman–Crippen MR) is 95.5 cm³/mol. The predicted octanol–water partition coefficient (Wildman–Crippen LogP) is 3.98. The summed E-state index contributed by atoms with van der Waals surface area (Å²) < 4.78 is 54.9. The summed E-state index contributed by atoms with van der Waals surface area (Å²) in [6.07, 6.45) is 0.520. The van der Waals surface area contributed by atoms with Gasteiger partial charge in [0.05, 0.1) is 16.4 Å². The van der Waals surface area contributed by atoms with Crippen LogP contribution in [0.2, 0.25) is 5.02 Å². The molecule has 0 aliphatic carbocycles. The number of halogens is 3. The molecule has 1 aromatic carbocycles. The first-order valence-corrected chi connectivity index (χ1v) is 9.88.